The molecule has 0 bridgehead atoms. The minimum absolute atomic E-state index is 0.146. The van der Waals surface area contributed by atoms with Crippen LogP contribution in [0.25, 0.3) is 0 Å². The molecular weight excluding hydrogens is 336 g/mol. The van der Waals surface area contributed by atoms with E-state index < -0.39 is 10.0 Å². The molecule has 0 radical (unpaired) electrons. The summed E-state index contributed by atoms with van der Waals surface area (Å²) in [5.74, 6) is 0. The fourth-order valence-corrected chi connectivity index (χ4v) is 3.39. The van der Waals surface area contributed by atoms with E-state index in [1.807, 2.05) is 16.7 Å². The van der Waals surface area contributed by atoms with Crippen molar-refractivity contribution < 1.29 is 8.42 Å². The molecule has 1 heterocycles. The van der Waals surface area contributed by atoms with Crippen molar-refractivity contribution in [2.45, 2.75) is 18.0 Å². The van der Waals surface area contributed by atoms with Gasteiger partial charge >= 0.3 is 0 Å². The van der Waals surface area contributed by atoms with Gasteiger partial charge in [-0.05, 0) is 29.8 Å². The van der Waals surface area contributed by atoms with E-state index in [1.165, 1.54) is 0 Å². The van der Waals surface area contributed by atoms with Crippen LogP contribution in [0.15, 0.2) is 72.0 Å². The van der Waals surface area contributed by atoms with Gasteiger partial charge in [0.15, 0.2) is 0 Å². The molecule has 3 rings (SSSR count). The molecule has 0 aliphatic heterocycles. The highest BCUT2D eigenvalue weighted by Crippen LogP contribution is 2.11. The van der Waals surface area contributed by atoms with Crippen molar-refractivity contribution in [3.63, 3.8) is 0 Å². The second kappa shape index (κ2) is 7.30. The molecule has 0 unspecified atom stereocenters. The molecule has 7 heteroatoms. The minimum atomic E-state index is -3.56. The summed E-state index contributed by atoms with van der Waals surface area (Å²) in [5, 5.41) is 8.84. The van der Waals surface area contributed by atoms with E-state index in [0.717, 1.165) is 11.3 Å². The second-order valence-corrected chi connectivity index (χ2v) is 7.23. The van der Waals surface area contributed by atoms with Crippen LogP contribution in [0.2, 0.25) is 0 Å². The number of nitriles is 1. The fourth-order valence-electron chi connectivity index (χ4n) is 2.37. The van der Waals surface area contributed by atoms with Crippen molar-refractivity contribution in [1.29, 1.82) is 5.26 Å². The van der Waals surface area contributed by atoms with Crippen LogP contribution in [0.3, 0.4) is 0 Å². The van der Waals surface area contributed by atoms with Crippen LogP contribution in [0.4, 0.5) is 0 Å². The van der Waals surface area contributed by atoms with Crippen molar-refractivity contribution in [2.75, 3.05) is 0 Å². The van der Waals surface area contributed by atoms with Gasteiger partial charge < -0.3 is 4.57 Å². The van der Waals surface area contributed by atoms with Gasteiger partial charge in [-0.3, -0.25) is 0 Å². The SMILES string of the molecule is N#Cc1ccc(Cn2cncc2CNS(=O)(=O)c2ccccc2)cc1. The molecule has 0 saturated carbocycles. The Balaban J connectivity index is 1.70. The Morgan fingerprint density at radius 3 is 2.48 bits per heavy atom. The first kappa shape index (κ1) is 16.9. The number of hydrogen-bond donors (Lipinski definition) is 1. The number of rotatable bonds is 6. The second-order valence-electron chi connectivity index (χ2n) is 5.46. The van der Waals surface area contributed by atoms with Gasteiger partial charge in [0.25, 0.3) is 0 Å². The maximum Gasteiger partial charge on any atom is 0.240 e. The van der Waals surface area contributed by atoms with Gasteiger partial charge in [0.2, 0.25) is 10.0 Å². The van der Waals surface area contributed by atoms with E-state index in [4.69, 9.17) is 5.26 Å². The van der Waals surface area contributed by atoms with Gasteiger partial charge in [0.05, 0.1) is 35.1 Å². The zero-order valence-electron chi connectivity index (χ0n) is 13.3. The molecular formula is C18H16N4O2S. The molecule has 3 aromatic rings. The Labute approximate surface area is 146 Å². The maximum absolute atomic E-state index is 12.3. The van der Waals surface area contributed by atoms with Crippen molar-refractivity contribution in [3.8, 4) is 6.07 Å². The normalized spacial score (nSPS) is 11.2. The summed E-state index contributed by atoms with van der Waals surface area (Å²) < 4.78 is 29.1. The number of nitrogens with one attached hydrogen (secondary N) is 1. The van der Waals surface area contributed by atoms with Crippen molar-refractivity contribution in [3.05, 3.63) is 83.9 Å². The molecule has 0 amide bonds. The first-order valence-electron chi connectivity index (χ1n) is 7.61. The van der Waals surface area contributed by atoms with Crippen LogP contribution in [-0.2, 0) is 23.1 Å². The lowest BCUT2D eigenvalue weighted by molar-refractivity contribution is 0.578. The van der Waals surface area contributed by atoms with Gasteiger partial charge in [0.1, 0.15) is 0 Å². The van der Waals surface area contributed by atoms with Crippen molar-refractivity contribution in [2.24, 2.45) is 0 Å². The maximum atomic E-state index is 12.3. The molecule has 0 spiro atoms. The van der Waals surface area contributed by atoms with Crippen LogP contribution in [-0.4, -0.2) is 18.0 Å². The highest BCUT2D eigenvalue weighted by Gasteiger charge is 2.14. The number of benzene rings is 2. The monoisotopic (exact) mass is 352 g/mol. The van der Waals surface area contributed by atoms with Crippen LogP contribution < -0.4 is 4.72 Å². The zero-order chi connectivity index (χ0) is 17.7. The molecule has 2 aromatic carbocycles. The fraction of sp³-hybridized carbons (Fsp3) is 0.111. The van der Waals surface area contributed by atoms with Crippen LogP contribution >= 0.6 is 0 Å². The third-order valence-corrected chi connectivity index (χ3v) is 5.15. The standard InChI is InChI=1S/C18H16N4O2S/c19-10-15-6-8-16(9-7-15)13-22-14-20-11-17(22)12-21-25(23,24)18-4-2-1-3-5-18/h1-9,11,14,21H,12-13H2. The summed E-state index contributed by atoms with van der Waals surface area (Å²) in [6, 6.07) is 17.6. The molecule has 25 heavy (non-hydrogen) atoms. The Morgan fingerprint density at radius 1 is 1.08 bits per heavy atom. The molecule has 0 fully saturated rings. The van der Waals surface area contributed by atoms with E-state index in [0.29, 0.717) is 12.1 Å². The number of nitrogens with zero attached hydrogens (tertiary/aromatic N) is 3. The molecule has 0 atom stereocenters. The summed E-state index contributed by atoms with van der Waals surface area (Å²) in [4.78, 5) is 4.33. The third-order valence-electron chi connectivity index (χ3n) is 3.73. The van der Waals surface area contributed by atoms with E-state index in [2.05, 4.69) is 15.8 Å². The van der Waals surface area contributed by atoms with Gasteiger partial charge in [-0.25, -0.2) is 18.1 Å². The van der Waals surface area contributed by atoms with Gasteiger partial charge in [-0.15, -0.1) is 0 Å². The van der Waals surface area contributed by atoms with E-state index >= 15 is 0 Å². The van der Waals surface area contributed by atoms with Gasteiger partial charge in [-0.1, -0.05) is 30.3 Å². The van der Waals surface area contributed by atoms with E-state index in [9.17, 15) is 8.42 Å². The van der Waals surface area contributed by atoms with Crippen LogP contribution in [0, 0.1) is 11.3 Å². The van der Waals surface area contributed by atoms with Crippen molar-refractivity contribution in [1.82, 2.24) is 14.3 Å². The average molecular weight is 352 g/mol. The average Bonchev–Trinajstić information content (AvgIpc) is 3.08. The summed E-state index contributed by atoms with van der Waals surface area (Å²) in [5.41, 5.74) is 2.36. The minimum Gasteiger partial charge on any atom is -0.329 e. The van der Waals surface area contributed by atoms with Gasteiger partial charge in [-0.2, -0.15) is 5.26 Å². The highest BCUT2D eigenvalue weighted by atomic mass is 32.2. The Bertz CT molecular complexity index is 988. The molecule has 6 nitrogen and oxygen atoms in total. The smallest absolute Gasteiger partial charge is 0.240 e. The molecule has 0 aliphatic rings. The lowest BCUT2D eigenvalue weighted by atomic mass is 10.1. The number of aromatic nitrogens is 2. The lowest BCUT2D eigenvalue weighted by Gasteiger charge is -2.10. The third kappa shape index (κ3) is 4.12. The van der Waals surface area contributed by atoms with Crippen molar-refractivity contribution >= 4 is 10.0 Å². The Hall–Kier alpha value is -2.95. The van der Waals surface area contributed by atoms with Crippen LogP contribution in [0.1, 0.15) is 16.8 Å². The predicted octanol–water partition coefficient (Wildman–Crippen LogP) is 2.28. The lowest BCUT2D eigenvalue weighted by Crippen LogP contribution is -2.24. The Morgan fingerprint density at radius 2 is 1.80 bits per heavy atom. The topological polar surface area (TPSA) is 87.8 Å². The number of sulfonamides is 1. The predicted molar refractivity (Wildman–Crippen MR) is 93.0 cm³/mol. The number of hydrogen-bond acceptors (Lipinski definition) is 4. The largest absolute Gasteiger partial charge is 0.329 e. The summed E-state index contributed by atoms with van der Waals surface area (Å²) in [6.45, 7) is 0.696. The Kier molecular flexibility index (Phi) is 4.93. The molecule has 1 aromatic heterocycles. The summed E-state index contributed by atoms with van der Waals surface area (Å²) in [6.07, 6.45) is 3.29. The van der Waals surface area contributed by atoms with Crippen LogP contribution in [0.5, 0.6) is 0 Å². The quantitative estimate of drug-likeness (QED) is 0.737. The zero-order valence-corrected chi connectivity index (χ0v) is 14.1. The van der Waals surface area contributed by atoms with Gasteiger partial charge in [0, 0.05) is 12.7 Å². The van der Waals surface area contributed by atoms with E-state index in [1.54, 1.807) is 55.0 Å². The molecule has 1 N–H and O–H groups in total. The molecule has 126 valence electrons. The first-order chi connectivity index (χ1) is 12.1. The van der Waals surface area contributed by atoms with E-state index in [-0.39, 0.29) is 11.4 Å². The summed E-state index contributed by atoms with van der Waals surface area (Å²) >= 11 is 0. The number of imidazole rings is 1. The molecule has 0 saturated heterocycles. The summed E-state index contributed by atoms with van der Waals surface area (Å²) in [7, 11) is -3.56. The highest BCUT2D eigenvalue weighted by molar-refractivity contribution is 7.89. The first-order valence-corrected chi connectivity index (χ1v) is 9.09. The molecule has 0 aliphatic carbocycles.